The summed E-state index contributed by atoms with van der Waals surface area (Å²) < 4.78 is 5.26. The zero-order chi connectivity index (χ0) is 9.84. The average Bonchev–Trinajstić information content (AvgIpc) is 2.11. The summed E-state index contributed by atoms with van der Waals surface area (Å²) in [6.45, 7) is 2.84. The largest absolute Gasteiger partial charge is 0.491 e. The summed E-state index contributed by atoms with van der Waals surface area (Å²) in [4.78, 5) is 0. The third-order valence-corrected chi connectivity index (χ3v) is 2.14. The number of halogens is 3. The molecule has 0 amide bonds. The van der Waals surface area contributed by atoms with Crippen LogP contribution >= 0.6 is 35.6 Å². The van der Waals surface area contributed by atoms with Crippen molar-refractivity contribution in [1.29, 1.82) is 0 Å². The van der Waals surface area contributed by atoms with Gasteiger partial charge >= 0.3 is 0 Å². The van der Waals surface area contributed by atoms with Crippen molar-refractivity contribution in [3.8, 4) is 5.75 Å². The fourth-order valence-electron chi connectivity index (χ4n) is 1.01. The molecule has 80 valence electrons. The lowest BCUT2D eigenvalue weighted by Gasteiger charge is -2.09. The van der Waals surface area contributed by atoms with E-state index in [1.807, 2.05) is 6.92 Å². The molecule has 0 bridgehead atoms. The summed E-state index contributed by atoms with van der Waals surface area (Å²) in [6.07, 6.45) is 0. The summed E-state index contributed by atoms with van der Waals surface area (Å²) in [5.41, 5.74) is 6.35. The van der Waals surface area contributed by atoms with Crippen molar-refractivity contribution in [3.05, 3.63) is 27.7 Å². The monoisotopic (exact) mass is 255 g/mol. The van der Waals surface area contributed by atoms with Gasteiger partial charge in [-0.05, 0) is 24.6 Å². The summed E-state index contributed by atoms with van der Waals surface area (Å²) in [6, 6.07) is 3.52. The fraction of sp³-hybridized carbons (Fsp3) is 0.333. The Bertz CT molecular complexity index is 281. The predicted octanol–water partition coefficient (Wildman–Crippen LogP) is 3.27. The van der Waals surface area contributed by atoms with Crippen LogP contribution in [-0.2, 0) is 6.54 Å². The molecule has 1 aromatic carbocycles. The molecule has 0 atom stereocenters. The van der Waals surface area contributed by atoms with Gasteiger partial charge in [-0.25, -0.2) is 0 Å². The third-order valence-electron chi connectivity index (χ3n) is 1.58. The molecule has 0 saturated carbocycles. The molecule has 2 N–H and O–H groups in total. The number of nitrogens with two attached hydrogens (primary N) is 1. The Labute approximate surface area is 99.7 Å². The molecule has 0 unspecified atom stereocenters. The lowest BCUT2D eigenvalue weighted by molar-refractivity contribution is 0.340. The second-order valence-electron chi connectivity index (χ2n) is 2.53. The maximum atomic E-state index is 5.93. The summed E-state index contributed by atoms with van der Waals surface area (Å²) in [5.74, 6) is 0.531. The molecule has 1 rings (SSSR count). The highest BCUT2D eigenvalue weighted by molar-refractivity contribution is 6.37. The molecule has 0 saturated heterocycles. The van der Waals surface area contributed by atoms with Crippen LogP contribution in [-0.4, -0.2) is 6.61 Å². The predicted molar refractivity (Wildman–Crippen MR) is 62.8 cm³/mol. The Morgan fingerprint density at radius 3 is 2.14 bits per heavy atom. The molecule has 0 radical (unpaired) electrons. The highest BCUT2D eigenvalue weighted by Crippen LogP contribution is 2.33. The standard InChI is InChI=1S/C9H11Cl2NO.ClH/c1-2-13-9-7(10)3-6(5-12)4-8(9)11;/h3-4H,2,5,12H2,1H3;1H. The summed E-state index contributed by atoms with van der Waals surface area (Å²) in [5, 5.41) is 1.02. The second kappa shape index (κ2) is 6.36. The maximum absolute atomic E-state index is 5.93. The van der Waals surface area contributed by atoms with E-state index in [4.69, 9.17) is 33.7 Å². The van der Waals surface area contributed by atoms with Crippen molar-refractivity contribution >= 4 is 35.6 Å². The number of ether oxygens (including phenoxy) is 1. The molecule has 0 fully saturated rings. The van der Waals surface area contributed by atoms with Crippen LogP contribution in [0.1, 0.15) is 12.5 Å². The van der Waals surface area contributed by atoms with Crippen molar-refractivity contribution < 1.29 is 4.74 Å². The molecule has 5 heteroatoms. The number of hydrogen-bond acceptors (Lipinski definition) is 2. The van der Waals surface area contributed by atoms with Crippen molar-refractivity contribution in [3.63, 3.8) is 0 Å². The minimum absolute atomic E-state index is 0. The lowest BCUT2D eigenvalue weighted by atomic mass is 10.2. The van der Waals surface area contributed by atoms with Gasteiger partial charge in [0.1, 0.15) is 0 Å². The van der Waals surface area contributed by atoms with Crippen LogP contribution in [0, 0.1) is 0 Å². The van der Waals surface area contributed by atoms with Gasteiger partial charge in [-0.2, -0.15) is 0 Å². The Kier molecular flexibility index (Phi) is 6.29. The molecular weight excluding hydrogens is 244 g/mol. The van der Waals surface area contributed by atoms with Gasteiger partial charge in [-0.3, -0.25) is 0 Å². The Morgan fingerprint density at radius 1 is 1.29 bits per heavy atom. The summed E-state index contributed by atoms with van der Waals surface area (Å²) >= 11 is 11.9. The van der Waals surface area contributed by atoms with Crippen LogP contribution in [0.4, 0.5) is 0 Å². The number of hydrogen-bond donors (Lipinski definition) is 1. The van der Waals surface area contributed by atoms with E-state index in [2.05, 4.69) is 0 Å². The molecule has 0 heterocycles. The topological polar surface area (TPSA) is 35.2 Å². The zero-order valence-electron chi connectivity index (χ0n) is 7.72. The van der Waals surface area contributed by atoms with Gasteiger partial charge < -0.3 is 10.5 Å². The number of benzene rings is 1. The minimum Gasteiger partial charge on any atom is -0.491 e. The molecule has 1 aromatic rings. The van der Waals surface area contributed by atoms with Gasteiger partial charge in [0.15, 0.2) is 5.75 Å². The van der Waals surface area contributed by atoms with E-state index in [1.165, 1.54) is 0 Å². The van der Waals surface area contributed by atoms with Crippen molar-refractivity contribution in [2.75, 3.05) is 6.61 Å². The molecule has 0 aromatic heterocycles. The molecule has 14 heavy (non-hydrogen) atoms. The summed E-state index contributed by atoms with van der Waals surface area (Å²) in [7, 11) is 0. The first-order chi connectivity index (χ1) is 6.19. The van der Waals surface area contributed by atoms with Gasteiger partial charge in [-0.1, -0.05) is 23.2 Å². The molecule has 0 spiro atoms. The van der Waals surface area contributed by atoms with E-state index >= 15 is 0 Å². The normalized spacial score (nSPS) is 9.43. The molecule has 0 aliphatic carbocycles. The van der Waals surface area contributed by atoms with E-state index in [0.29, 0.717) is 28.9 Å². The van der Waals surface area contributed by atoms with Crippen molar-refractivity contribution in [2.45, 2.75) is 13.5 Å². The average molecular weight is 257 g/mol. The van der Waals surface area contributed by atoms with E-state index in [1.54, 1.807) is 12.1 Å². The first-order valence-electron chi connectivity index (χ1n) is 3.99. The first-order valence-corrected chi connectivity index (χ1v) is 4.75. The Morgan fingerprint density at radius 2 is 1.79 bits per heavy atom. The smallest absolute Gasteiger partial charge is 0.156 e. The Balaban J connectivity index is 0.00000169. The fourth-order valence-corrected chi connectivity index (χ4v) is 1.65. The van der Waals surface area contributed by atoms with Gasteiger partial charge in [0.25, 0.3) is 0 Å². The van der Waals surface area contributed by atoms with E-state index in [9.17, 15) is 0 Å². The quantitative estimate of drug-likeness (QED) is 0.901. The van der Waals surface area contributed by atoms with E-state index < -0.39 is 0 Å². The van der Waals surface area contributed by atoms with Crippen LogP contribution in [0.15, 0.2) is 12.1 Å². The maximum Gasteiger partial charge on any atom is 0.156 e. The van der Waals surface area contributed by atoms with Crippen LogP contribution in [0.3, 0.4) is 0 Å². The van der Waals surface area contributed by atoms with Gasteiger partial charge in [0, 0.05) is 6.54 Å². The van der Waals surface area contributed by atoms with Crippen molar-refractivity contribution in [2.24, 2.45) is 5.73 Å². The second-order valence-corrected chi connectivity index (χ2v) is 3.34. The lowest BCUT2D eigenvalue weighted by Crippen LogP contribution is -1.98. The first kappa shape index (κ1) is 13.8. The SMILES string of the molecule is CCOc1c(Cl)cc(CN)cc1Cl.Cl. The van der Waals surface area contributed by atoms with Crippen LogP contribution in [0.25, 0.3) is 0 Å². The van der Waals surface area contributed by atoms with Crippen LogP contribution < -0.4 is 10.5 Å². The third kappa shape index (κ3) is 3.21. The van der Waals surface area contributed by atoms with Crippen LogP contribution in [0.5, 0.6) is 5.75 Å². The van der Waals surface area contributed by atoms with Crippen LogP contribution in [0.2, 0.25) is 10.0 Å². The zero-order valence-corrected chi connectivity index (χ0v) is 10.0. The minimum atomic E-state index is 0. The molecule has 0 aliphatic rings. The number of rotatable bonds is 3. The van der Waals surface area contributed by atoms with Gasteiger partial charge in [0.2, 0.25) is 0 Å². The van der Waals surface area contributed by atoms with Gasteiger partial charge in [-0.15, -0.1) is 12.4 Å². The Hall–Kier alpha value is -0.150. The highest BCUT2D eigenvalue weighted by Gasteiger charge is 2.07. The van der Waals surface area contributed by atoms with E-state index in [0.717, 1.165) is 5.56 Å². The highest BCUT2D eigenvalue weighted by atomic mass is 35.5. The van der Waals surface area contributed by atoms with E-state index in [-0.39, 0.29) is 12.4 Å². The van der Waals surface area contributed by atoms with Gasteiger partial charge in [0.05, 0.1) is 16.7 Å². The molecular formula is C9H12Cl3NO. The molecule has 0 aliphatic heterocycles. The van der Waals surface area contributed by atoms with Crippen molar-refractivity contribution in [1.82, 2.24) is 0 Å². The molecule has 2 nitrogen and oxygen atoms in total.